The molecule has 1 heterocycles. The number of amides is 1. The van der Waals surface area contributed by atoms with Gasteiger partial charge in [0.05, 0.1) is 6.10 Å². The molecule has 0 bridgehead atoms. The minimum absolute atomic E-state index is 0.0856. The summed E-state index contributed by atoms with van der Waals surface area (Å²) in [5.74, 6) is 0.526. The SMILES string of the molecule is CN(C)C(=O)[C@@H](NC[C@H]1CCO[C@@H]1C(C)(C)C)c1ccccc1. The highest BCUT2D eigenvalue weighted by molar-refractivity contribution is 5.82. The molecule has 1 fully saturated rings. The Labute approximate surface area is 140 Å². The summed E-state index contributed by atoms with van der Waals surface area (Å²) >= 11 is 0. The molecule has 0 aliphatic carbocycles. The molecule has 1 aromatic rings. The lowest BCUT2D eigenvalue weighted by Gasteiger charge is -2.32. The third-order valence-electron chi connectivity index (χ3n) is 4.47. The normalized spacial score (nSPS) is 22.8. The van der Waals surface area contributed by atoms with Crippen LogP contribution in [0.4, 0.5) is 0 Å². The molecule has 0 spiro atoms. The fraction of sp³-hybridized carbons (Fsp3) is 0.632. The molecule has 0 saturated carbocycles. The summed E-state index contributed by atoms with van der Waals surface area (Å²) in [6.07, 6.45) is 1.29. The summed E-state index contributed by atoms with van der Waals surface area (Å²) in [7, 11) is 3.60. The Bertz CT molecular complexity index is 508. The molecule has 1 aliphatic rings. The second-order valence-electron chi connectivity index (χ2n) is 7.69. The first-order valence-corrected chi connectivity index (χ1v) is 8.42. The summed E-state index contributed by atoms with van der Waals surface area (Å²) in [5, 5.41) is 3.49. The van der Waals surface area contributed by atoms with E-state index in [4.69, 9.17) is 4.74 Å². The van der Waals surface area contributed by atoms with E-state index in [9.17, 15) is 4.79 Å². The molecule has 1 aliphatic heterocycles. The second kappa shape index (κ2) is 7.45. The van der Waals surface area contributed by atoms with Crippen LogP contribution in [0.15, 0.2) is 30.3 Å². The average molecular weight is 318 g/mol. The highest BCUT2D eigenvalue weighted by atomic mass is 16.5. The number of nitrogens with zero attached hydrogens (tertiary/aromatic N) is 1. The fourth-order valence-electron chi connectivity index (χ4n) is 3.32. The van der Waals surface area contributed by atoms with E-state index in [2.05, 4.69) is 26.1 Å². The van der Waals surface area contributed by atoms with Gasteiger partial charge in [-0.05, 0) is 17.4 Å². The van der Waals surface area contributed by atoms with E-state index in [0.717, 1.165) is 25.1 Å². The molecule has 1 amide bonds. The van der Waals surface area contributed by atoms with Crippen molar-refractivity contribution in [2.45, 2.75) is 39.3 Å². The van der Waals surface area contributed by atoms with E-state index in [1.54, 1.807) is 19.0 Å². The fourth-order valence-corrected chi connectivity index (χ4v) is 3.32. The molecule has 0 radical (unpaired) electrons. The number of hydrogen-bond donors (Lipinski definition) is 1. The maximum atomic E-state index is 12.6. The first kappa shape index (κ1) is 18.0. The van der Waals surface area contributed by atoms with Crippen molar-refractivity contribution in [3.8, 4) is 0 Å². The number of ether oxygens (including phenoxy) is 1. The summed E-state index contributed by atoms with van der Waals surface area (Å²) in [6, 6.07) is 9.64. The first-order chi connectivity index (χ1) is 10.8. The van der Waals surface area contributed by atoms with Gasteiger partial charge in [-0.1, -0.05) is 51.1 Å². The second-order valence-corrected chi connectivity index (χ2v) is 7.69. The summed E-state index contributed by atoms with van der Waals surface area (Å²) in [4.78, 5) is 14.2. The third-order valence-corrected chi connectivity index (χ3v) is 4.47. The lowest BCUT2D eigenvalue weighted by Crippen LogP contribution is -2.42. The van der Waals surface area contributed by atoms with Crippen LogP contribution in [0.3, 0.4) is 0 Å². The predicted octanol–water partition coefficient (Wildman–Crippen LogP) is 2.86. The van der Waals surface area contributed by atoms with Crippen LogP contribution in [0.5, 0.6) is 0 Å². The Morgan fingerprint density at radius 2 is 1.96 bits per heavy atom. The van der Waals surface area contributed by atoms with Gasteiger partial charge in [-0.2, -0.15) is 0 Å². The van der Waals surface area contributed by atoms with Crippen molar-refractivity contribution in [1.29, 1.82) is 0 Å². The van der Waals surface area contributed by atoms with Gasteiger partial charge in [-0.25, -0.2) is 0 Å². The van der Waals surface area contributed by atoms with Crippen molar-refractivity contribution in [1.82, 2.24) is 10.2 Å². The van der Waals surface area contributed by atoms with Gasteiger partial charge in [0.25, 0.3) is 0 Å². The van der Waals surface area contributed by atoms with E-state index >= 15 is 0 Å². The van der Waals surface area contributed by atoms with Gasteiger partial charge in [0.2, 0.25) is 5.91 Å². The lowest BCUT2D eigenvalue weighted by molar-refractivity contribution is -0.131. The van der Waals surface area contributed by atoms with Crippen molar-refractivity contribution < 1.29 is 9.53 Å². The standard InChI is InChI=1S/C19H30N2O2/c1-19(2,3)17-15(11-12-23-17)13-20-16(18(22)21(4)5)14-9-7-6-8-10-14/h6-10,15-17,20H,11-13H2,1-5H3/t15-,16+,17+/m1/s1. The van der Waals surface area contributed by atoms with Gasteiger partial charge in [0.15, 0.2) is 0 Å². The number of nitrogens with one attached hydrogen (secondary N) is 1. The minimum Gasteiger partial charge on any atom is -0.377 e. The highest BCUT2D eigenvalue weighted by Crippen LogP contribution is 2.34. The Kier molecular flexibility index (Phi) is 5.82. The van der Waals surface area contributed by atoms with Gasteiger partial charge in [0.1, 0.15) is 6.04 Å². The van der Waals surface area contributed by atoms with Crippen molar-refractivity contribution in [3.63, 3.8) is 0 Å². The molecule has 23 heavy (non-hydrogen) atoms. The van der Waals surface area contributed by atoms with Crippen molar-refractivity contribution in [2.75, 3.05) is 27.2 Å². The Balaban J connectivity index is 2.08. The first-order valence-electron chi connectivity index (χ1n) is 8.42. The van der Waals surface area contributed by atoms with Crippen LogP contribution < -0.4 is 5.32 Å². The maximum absolute atomic E-state index is 12.6. The largest absolute Gasteiger partial charge is 0.377 e. The summed E-state index contributed by atoms with van der Waals surface area (Å²) < 4.78 is 5.94. The number of benzene rings is 1. The predicted molar refractivity (Wildman–Crippen MR) is 93.2 cm³/mol. The quantitative estimate of drug-likeness (QED) is 0.907. The van der Waals surface area contributed by atoms with Crippen LogP contribution in [0.25, 0.3) is 0 Å². The van der Waals surface area contributed by atoms with Crippen LogP contribution in [-0.2, 0) is 9.53 Å². The average Bonchev–Trinajstić information content (AvgIpc) is 2.97. The zero-order valence-corrected chi connectivity index (χ0v) is 15.0. The van der Waals surface area contributed by atoms with Crippen molar-refractivity contribution >= 4 is 5.91 Å². The molecule has 2 rings (SSSR count). The van der Waals surface area contributed by atoms with E-state index < -0.39 is 0 Å². The molecule has 0 unspecified atom stereocenters. The van der Waals surface area contributed by atoms with Crippen LogP contribution in [-0.4, -0.2) is 44.2 Å². The van der Waals surface area contributed by atoms with Crippen LogP contribution in [0, 0.1) is 11.3 Å². The van der Waals surface area contributed by atoms with Gasteiger partial charge in [0, 0.05) is 33.2 Å². The number of hydrogen-bond acceptors (Lipinski definition) is 3. The Morgan fingerprint density at radius 1 is 1.30 bits per heavy atom. The molecular formula is C19H30N2O2. The number of likely N-dealkylation sites (N-methyl/N-ethyl adjacent to an activating group) is 1. The van der Waals surface area contributed by atoms with Gasteiger partial charge < -0.3 is 15.0 Å². The van der Waals surface area contributed by atoms with Gasteiger partial charge in [-0.3, -0.25) is 4.79 Å². The van der Waals surface area contributed by atoms with Gasteiger partial charge >= 0.3 is 0 Å². The number of carbonyl (C=O) groups excluding carboxylic acids is 1. The van der Waals surface area contributed by atoms with E-state index in [0.29, 0.717) is 5.92 Å². The minimum atomic E-state index is -0.299. The molecule has 1 N–H and O–H groups in total. The van der Waals surface area contributed by atoms with Crippen LogP contribution in [0.2, 0.25) is 0 Å². The molecule has 4 heteroatoms. The van der Waals surface area contributed by atoms with Crippen molar-refractivity contribution in [2.24, 2.45) is 11.3 Å². The zero-order valence-electron chi connectivity index (χ0n) is 15.0. The monoisotopic (exact) mass is 318 g/mol. The highest BCUT2D eigenvalue weighted by Gasteiger charge is 2.37. The molecule has 1 saturated heterocycles. The molecule has 128 valence electrons. The van der Waals surface area contributed by atoms with Gasteiger partial charge in [-0.15, -0.1) is 0 Å². The molecule has 4 nitrogen and oxygen atoms in total. The third kappa shape index (κ3) is 4.55. The Morgan fingerprint density at radius 3 is 2.52 bits per heavy atom. The number of rotatable bonds is 5. The van der Waals surface area contributed by atoms with Crippen molar-refractivity contribution in [3.05, 3.63) is 35.9 Å². The van der Waals surface area contributed by atoms with Crippen LogP contribution >= 0.6 is 0 Å². The van der Waals surface area contributed by atoms with E-state index in [-0.39, 0.29) is 23.5 Å². The molecular weight excluding hydrogens is 288 g/mol. The summed E-state index contributed by atoms with van der Waals surface area (Å²) in [5.41, 5.74) is 1.13. The number of carbonyl (C=O) groups is 1. The maximum Gasteiger partial charge on any atom is 0.243 e. The molecule has 1 aromatic carbocycles. The summed E-state index contributed by atoms with van der Waals surface area (Å²) in [6.45, 7) is 8.26. The Hall–Kier alpha value is -1.39. The zero-order chi connectivity index (χ0) is 17.0. The molecule has 0 aromatic heterocycles. The molecule has 3 atom stereocenters. The van der Waals surface area contributed by atoms with E-state index in [1.165, 1.54) is 0 Å². The van der Waals surface area contributed by atoms with Crippen LogP contribution in [0.1, 0.15) is 38.8 Å². The topological polar surface area (TPSA) is 41.6 Å². The van der Waals surface area contributed by atoms with E-state index in [1.807, 2.05) is 30.3 Å². The smallest absolute Gasteiger partial charge is 0.243 e. The lowest BCUT2D eigenvalue weighted by atomic mass is 9.81.